The van der Waals surface area contributed by atoms with E-state index in [1.165, 1.54) is 12.2 Å². The van der Waals surface area contributed by atoms with E-state index in [4.69, 9.17) is 0 Å². The zero-order chi connectivity index (χ0) is 20.7. The molecule has 0 saturated heterocycles. The number of fused-ring (bicyclic) bond motifs is 5. The molecule has 4 aliphatic carbocycles. The number of Topliss-reactive ketones (excluding diaryl/α,β-unsaturated/α-hetero) is 1. The number of allylic oxidation sites excluding steroid dienone is 4. The van der Waals surface area contributed by atoms with Crippen molar-refractivity contribution in [1.82, 2.24) is 0 Å². The summed E-state index contributed by atoms with van der Waals surface area (Å²) < 4.78 is 16.9. The van der Waals surface area contributed by atoms with Crippen LogP contribution < -0.4 is 0 Å². The van der Waals surface area contributed by atoms with E-state index >= 15 is 4.39 Å². The third-order valence-electron chi connectivity index (χ3n) is 8.79. The molecular formula is C22H29FO5. The lowest BCUT2D eigenvalue weighted by Crippen LogP contribution is -2.69. The Balaban J connectivity index is 1.84. The van der Waals surface area contributed by atoms with Gasteiger partial charge in [0.1, 0.15) is 12.2 Å². The molecule has 4 rings (SSSR count). The zero-order valence-electron chi connectivity index (χ0n) is 16.6. The molecule has 0 radical (unpaired) electrons. The summed E-state index contributed by atoms with van der Waals surface area (Å²) in [6.07, 6.45) is 4.44. The molecule has 4 aliphatic rings. The second kappa shape index (κ2) is 5.83. The van der Waals surface area contributed by atoms with Crippen LogP contribution in [0.15, 0.2) is 23.8 Å². The molecule has 154 valence electrons. The molecule has 6 heteroatoms. The average Bonchev–Trinajstić information content (AvgIpc) is 2.84. The van der Waals surface area contributed by atoms with Crippen LogP contribution in [0, 0.1) is 28.6 Å². The number of hydrogen-bond donors (Lipinski definition) is 3. The molecule has 2 unspecified atom stereocenters. The summed E-state index contributed by atoms with van der Waals surface area (Å²) in [5.41, 5.74) is -5.17. The molecule has 28 heavy (non-hydrogen) atoms. The number of alkyl halides is 1. The number of aliphatic hydroxyl groups excluding tert-OH is 2. The number of ketones is 2. The van der Waals surface area contributed by atoms with E-state index < -0.39 is 52.4 Å². The molecule has 0 spiro atoms. The molecule has 0 bridgehead atoms. The van der Waals surface area contributed by atoms with E-state index in [1.807, 2.05) is 0 Å². The van der Waals surface area contributed by atoms with Crippen LogP contribution in [-0.4, -0.2) is 50.9 Å². The SMILES string of the molecule is C[C@@H]1CC2[C@@H]3CCC4=CC(=O)C=C[C@]4(C)[C@@]3(F)C(O)C[C@]2(C)[C@@]1(O)C(=O)CO. The van der Waals surface area contributed by atoms with Crippen LogP contribution in [0.2, 0.25) is 0 Å². The Kier molecular flexibility index (Phi) is 4.15. The fraction of sp³-hybridized carbons (Fsp3) is 0.727. The fourth-order valence-corrected chi connectivity index (χ4v) is 7.26. The van der Waals surface area contributed by atoms with Crippen LogP contribution >= 0.6 is 0 Å². The molecule has 5 nitrogen and oxygen atoms in total. The number of carbonyl (C=O) groups is 2. The van der Waals surface area contributed by atoms with Gasteiger partial charge in [-0.3, -0.25) is 9.59 Å². The second-order valence-electron chi connectivity index (χ2n) is 9.75. The zero-order valence-corrected chi connectivity index (χ0v) is 16.6. The van der Waals surface area contributed by atoms with Crippen LogP contribution in [0.4, 0.5) is 4.39 Å². The smallest absolute Gasteiger partial charge is 0.190 e. The summed E-state index contributed by atoms with van der Waals surface area (Å²) in [5, 5.41) is 32.0. The van der Waals surface area contributed by atoms with Crippen LogP contribution in [0.5, 0.6) is 0 Å². The summed E-state index contributed by atoms with van der Waals surface area (Å²) in [5.74, 6) is -2.12. The van der Waals surface area contributed by atoms with Gasteiger partial charge in [0.15, 0.2) is 17.2 Å². The van der Waals surface area contributed by atoms with Gasteiger partial charge in [-0.25, -0.2) is 4.39 Å². The van der Waals surface area contributed by atoms with Crippen molar-refractivity contribution >= 4 is 11.6 Å². The molecule has 0 aromatic heterocycles. The predicted molar refractivity (Wildman–Crippen MR) is 99.9 cm³/mol. The highest BCUT2D eigenvalue weighted by Gasteiger charge is 2.75. The molecule has 0 aromatic rings. The van der Waals surface area contributed by atoms with E-state index in [2.05, 4.69) is 0 Å². The summed E-state index contributed by atoms with van der Waals surface area (Å²) in [6, 6.07) is 0. The first kappa shape index (κ1) is 19.9. The number of hydrogen-bond acceptors (Lipinski definition) is 5. The average molecular weight is 392 g/mol. The molecule has 3 fully saturated rings. The van der Waals surface area contributed by atoms with Gasteiger partial charge in [0.25, 0.3) is 0 Å². The quantitative estimate of drug-likeness (QED) is 0.667. The van der Waals surface area contributed by atoms with E-state index in [0.717, 1.165) is 0 Å². The van der Waals surface area contributed by atoms with Crippen molar-refractivity contribution in [2.75, 3.05) is 6.61 Å². The van der Waals surface area contributed by atoms with Gasteiger partial charge < -0.3 is 15.3 Å². The molecule has 8 atom stereocenters. The first-order valence-corrected chi connectivity index (χ1v) is 10.1. The van der Waals surface area contributed by atoms with Crippen molar-refractivity contribution in [3.8, 4) is 0 Å². The predicted octanol–water partition coefficient (Wildman–Crippen LogP) is 1.90. The Morgan fingerprint density at radius 3 is 2.64 bits per heavy atom. The van der Waals surface area contributed by atoms with E-state index in [0.29, 0.717) is 24.8 Å². The lowest BCUT2D eigenvalue weighted by molar-refractivity contribution is -0.219. The van der Waals surface area contributed by atoms with Crippen molar-refractivity contribution in [2.45, 2.75) is 63.8 Å². The Bertz CT molecular complexity index is 805. The van der Waals surface area contributed by atoms with Gasteiger partial charge in [0.2, 0.25) is 0 Å². The van der Waals surface area contributed by atoms with Crippen LogP contribution in [0.3, 0.4) is 0 Å². The number of rotatable bonds is 2. The Morgan fingerprint density at radius 1 is 1.32 bits per heavy atom. The monoisotopic (exact) mass is 392 g/mol. The highest BCUT2D eigenvalue weighted by molar-refractivity contribution is 6.01. The third-order valence-corrected chi connectivity index (χ3v) is 8.79. The van der Waals surface area contributed by atoms with Gasteiger partial charge >= 0.3 is 0 Å². The molecular weight excluding hydrogens is 363 g/mol. The van der Waals surface area contributed by atoms with Gasteiger partial charge in [-0.05, 0) is 56.6 Å². The van der Waals surface area contributed by atoms with Gasteiger partial charge in [-0.15, -0.1) is 0 Å². The van der Waals surface area contributed by atoms with Crippen molar-refractivity contribution in [3.63, 3.8) is 0 Å². The summed E-state index contributed by atoms with van der Waals surface area (Å²) in [4.78, 5) is 24.4. The van der Waals surface area contributed by atoms with Gasteiger partial charge in [0, 0.05) is 16.7 Å². The molecule has 0 aliphatic heterocycles. The lowest BCUT2D eigenvalue weighted by atomic mass is 9.44. The van der Waals surface area contributed by atoms with Crippen molar-refractivity contribution in [2.24, 2.45) is 28.6 Å². The summed E-state index contributed by atoms with van der Waals surface area (Å²) >= 11 is 0. The second-order valence-corrected chi connectivity index (χ2v) is 9.75. The van der Waals surface area contributed by atoms with Gasteiger partial charge in [-0.2, -0.15) is 0 Å². The largest absolute Gasteiger partial charge is 0.390 e. The Morgan fingerprint density at radius 2 is 2.00 bits per heavy atom. The third kappa shape index (κ3) is 2.01. The number of carbonyl (C=O) groups excluding carboxylic acids is 2. The van der Waals surface area contributed by atoms with E-state index in [-0.39, 0.29) is 18.1 Å². The van der Waals surface area contributed by atoms with E-state index in [1.54, 1.807) is 26.8 Å². The summed E-state index contributed by atoms with van der Waals surface area (Å²) in [6.45, 7) is 4.48. The topological polar surface area (TPSA) is 94.8 Å². The van der Waals surface area contributed by atoms with Crippen molar-refractivity contribution < 1.29 is 29.3 Å². The Labute approximate surface area is 164 Å². The highest BCUT2D eigenvalue weighted by atomic mass is 19.1. The van der Waals surface area contributed by atoms with Gasteiger partial charge in [-0.1, -0.05) is 25.5 Å². The summed E-state index contributed by atoms with van der Waals surface area (Å²) in [7, 11) is 0. The maximum absolute atomic E-state index is 16.9. The highest BCUT2D eigenvalue weighted by Crippen LogP contribution is 2.70. The fourth-order valence-electron chi connectivity index (χ4n) is 7.26. The molecule has 3 N–H and O–H groups in total. The molecule has 0 aromatic carbocycles. The van der Waals surface area contributed by atoms with Crippen molar-refractivity contribution in [3.05, 3.63) is 23.8 Å². The minimum atomic E-state index is -1.98. The minimum absolute atomic E-state index is 0.0676. The standard InChI is InChI=1S/C22H29FO5/c1-12-8-16-15-5-4-13-9-14(25)6-7-19(13,2)21(15,23)17(26)10-20(16,3)22(12,28)18(27)11-24/h6-7,9,12,15-17,24,26,28H,4-5,8,10-11H2,1-3H3/t12-,15+,16?,17?,19+,20+,21+,22+/m1/s1. The maximum atomic E-state index is 16.9. The molecule has 3 saturated carbocycles. The van der Waals surface area contributed by atoms with Crippen LogP contribution in [0.25, 0.3) is 0 Å². The first-order valence-electron chi connectivity index (χ1n) is 10.1. The lowest BCUT2D eigenvalue weighted by Gasteiger charge is -2.62. The molecule has 0 amide bonds. The van der Waals surface area contributed by atoms with Gasteiger partial charge in [0.05, 0.1) is 6.10 Å². The van der Waals surface area contributed by atoms with Crippen LogP contribution in [-0.2, 0) is 9.59 Å². The normalized spacial score (nSPS) is 52.5. The Hall–Kier alpha value is -1.37. The number of aliphatic hydroxyl groups is 3. The van der Waals surface area contributed by atoms with Crippen LogP contribution in [0.1, 0.15) is 46.5 Å². The van der Waals surface area contributed by atoms with Crippen molar-refractivity contribution in [1.29, 1.82) is 0 Å². The minimum Gasteiger partial charge on any atom is -0.390 e. The maximum Gasteiger partial charge on any atom is 0.190 e. The molecule has 0 heterocycles. The van der Waals surface area contributed by atoms with E-state index in [9.17, 15) is 24.9 Å². The first-order chi connectivity index (χ1) is 13.0. The number of halogens is 1.